The third kappa shape index (κ3) is 2.97. The van der Waals surface area contributed by atoms with Gasteiger partial charge in [-0.05, 0) is 42.5 Å². The van der Waals surface area contributed by atoms with E-state index in [1.54, 1.807) is 24.7 Å². The number of nitrogens with zero attached hydrogens (tertiary/aromatic N) is 2. The molecule has 3 aliphatic rings. The molecule has 186 valence electrons. The van der Waals surface area contributed by atoms with Crippen molar-refractivity contribution in [1.29, 1.82) is 0 Å². The molecule has 1 amide bonds. The molecular formula is C26H25N3O7. The van der Waals surface area contributed by atoms with Crippen LogP contribution >= 0.6 is 0 Å². The Hall–Kier alpha value is -3.76. The molecule has 0 radical (unpaired) electrons. The number of aliphatic hydroxyl groups is 2. The average molecular weight is 492 g/mol. The van der Waals surface area contributed by atoms with Gasteiger partial charge in [0.05, 0.1) is 42.2 Å². The Balaban J connectivity index is 1.65. The molecule has 3 aromatic rings. The summed E-state index contributed by atoms with van der Waals surface area (Å²) in [7, 11) is 1.58. The van der Waals surface area contributed by atoms with Gasteiger partial charge in [0, 0.05) is 22.6 Å². The largest absolute Gasteiger partial charge is 0.497 e. The summed E-state index contributed by atoms with van der Waals surface area (Å²) in [6, 6.07) is 5.07. The van der Waals surface area contributed by atoms with E-state index in [-0.39, 0.29) is 42.3 Å². The zero-order valence-electron chi connectivity index (χ0n) is 19.9. The monoisotopic (exact) mass is 491 g/mol. The molecule has 0 saturated carbocycles. The second kappa shape index (κ2) is 7.87. The molecule has 0 spiro atoms. The molecule has 0 unspecified atom stereocenters. The smallest absolute Gasteiger partial charge is 0.343 e. The van der Waals surface area contributed by atoms with Gasteiger partial charge in [-0.3, -0.25) is 9.59 Å². The van der Waals surface area contributed by atoms with Crippen LogP contribution in [0.5, 0.6) is 5.75 Å². The number of ether oxygens (including phenoxy) is 2. The maximum atomic E-state index is 13.6. The molecule has 3 N–H and O–H groups in total. The summed E-state index contributed by atoms with van der Waals surface area (Å²) >= 11 is 0. The number of aliphatic hydroxyl groups excluding tert-OH is 1. The van der Waals surface area contributed by atoms with Crippen LogP contribution in [-0.2, 0) is 39.5 Å². The molecule has 4 heterocycles. The number of nitrogens with one attached hydrogen (secondary N) is 1. The molecule has 6 rings (SSSR count). The number of esters is 1. The predicted molar refractivity (Wildman–Crippen MR) is 127 cm³/mol. The van der Waals surface area contributed by atoms with E-state index in [9.17, 15) is 24.6 Å². The Morgan fingerprint density at radius 2 is 2.11 bits per heavy atom. The van der Waals surface area contributed by atoms with Crippen LogP contribution in [0.1, 0.15) is 53.6 Å². The van der Waals surface area contributed by atoms with Crippen LogP contribution in [0.4, 0.5) is 0 Å². The van der Waals surface area contributed by atoms with Gasteiger partial charge in [-0.1, -0.05) is 6.92 Å². The first-order valence-corrected chi connectivity index (χ1v) is 11.9. The van der Waals surface area contributed by atoms with Crippen molar-refractivity contribution in [3.63, 3.8) is 0 Å². The number of aryl methyl sites for hydroxylation is 1. The molecule has 2 atom stereocenters. The van der Waals surface area contributed by atoms with Gasteiger partial charge in [0.25, 0.3) is 5.56 Å². The van der Waals surface area contributed by atoms with E-state index in [0.29, 0.717) is 35.5 Å². The lowest BCUT2D eigenvalue weighted by Gasteiger charge is -2.31. The van der Waals surface area contributed by atoms with Gasteiger partial charge in [-0.25, -0.2) is 9.78 Å². The number of benzene rings is 1. The summed E-state index contributed by atoms with van der Waals surface area (Å²) < 4.78 is 12.2. The Kier molecular flexibility index (Phi) is 4.96. The highest BCUT2D eigenvalue weighted by atomic mass is 16.6. The molecule has 2 aliphatic heterocycles. The van der Waals surface area contributed by atoms with E-state index >= 15 is 0 Å². The zero-order chi connectivity index (χ0) is 25.4. The number of pyridine rings is 2. The van der Waals surface area contributed by atoms with E-state index in [0.717, 1.165) is 22.1 Å². The Morgan fingerprint density at radius 1 is 1.31 bits per heavy atom. The summed E-state index contributed by atoms with van der Waals surface area (Å²) in [6.45, 7) is 1.06. The number of hydrogen-bond acceptors (Lipinski definition) is 8. The number of fused-ring (bicyclic) bond motifs is 5. The molecule has 36 heavy (non-hydrogen) atoms. The quantitative estimate of drug-likeness (QED) is 0.362. The van der Waals surface area contributed by atoms with Crippen molar-refractivity contribution in [3.05, 3.63) is 56.4 Å². The van der Waals surface area contributed by atoms with Crippen LogP contribution < -0.4 is 15.6 Å². The number of cyclic esters (lactones) is 1. The van der Waals surface area contributed by atoms with E-state index in [4.69, 9.17) is 14.5 Å². The normalized spacial score (nSPS) is 21.4. The zero-order valence-corrected chi connectivity index (χ0v) is 19.9. The van der Waals surface area contributed by atoms with Crippen molar-refractivity contribution in [1.82, 2.24) is 14.9 Å². The van der Waals surface area contributed by atoms with Gasteiger partial charge in [-0.15, -0.1) is 0 Å². The number of carbonyl (C=O) groups is 2. The van der Waals surface area contributed by atoms with Crippen molar-refractivity contribution >= 4 is 22.8 Å². The highest BCUT2D eigenvalue weighted by Gasteiger charge is 2.45. The van der Waals surface area contributed by atoms with Crippen molar-refractivity contribution in [2.75, 3.05) is 13.7 Å². The minimum Gasteiger partial charge on any atom is -0.497 e. The first-order valence-electron chi connectivity index (χ1n) is 11.9. The summed E-state index contributed by atoms with van der Waals surface area (Å²) in [5, 5.41) is 24.3. The maximum absolute atomic E-state index is 13.6. The second-order valence-electron chi connectivity index (χ2n) is 9.45. The lowest BCUT2D eigenvalue weighted by molar-refractivity contribution is -0.172. The minimum absolute atomic E-state index is 0.0564. The van der Waals surface area contributed by atoms with E-state index in [1.807, 2.05) is 12.1 Å². The molecule has 2 aromatic heterocycles. The van der Waals surface area contributed by atoms with Crippen LogP contribution in [0, 0.1) is 0 Å². The predicted octanol–water partition coefficient (Wildman–Crippen LogP) is 1.18. The topological polar surface area (TPSA) is 140 Å². The summed E-state index contributed by atoms with van der Waals surface area (Å²) in [4.78, 5) is 43.1. The van der Waals surface area contributed by atoms with E-state index < -0.39 is 24.1 Å². The summed E-state index contributed by atoms with van der Waals surface area (Å²) in [5.74, 6) is -0.608. The van der Waals surface area contributed by atoms with Crippen LogP contribution in [0.15, 0.2) is 23.0 Å². The van der Waals surface area contributed by atoms with Crippen molar-refractivity contribution < 1.29 is 29.3 Å². The molecule has 0 fully saturated rings. The van der Waals surface area contributed by atoms with Gasteiger partial charge in [0.2, 0.25) is 5.91 Å². The number of hydrogen-bond donors (Lipinski definition) is 3. The van der Waals surface area contributed by atoms with E-state index in [1.165, 1.54) is 0 Å². The average Bonchev–Trinajstić information content (AvgIpc) is 3.26. The van der Waals surface area contributed by atoms with Crippen LogP contribution in [-0.4, -0.2) is 45.4 Å². The highest BCUT2D eigenvalue weighted by molar-refractivity contribution is 5.94. The number of amides is 1. The number of carbonyl (C=O) groups excluding carboxylic acids is 2. The summed E-state index contributed by atoms with van der Waals surface area (Å²) in [5.41, 5.74) is 2.64. The Labute approximate surface area is 205 Å². The fourth-order valence-corrected chi connectivity index (χ4v) is 5.83. The van der Waals surface area contributed by atoms with Gasteiger partial charge in [0.1, 0.15) is 19.0 Å². The molecule has 10 nitrogen and oxygen atoms in total. The van der Waals surface area contributed by atoms with Gasteiger partial charge in [0.15, 0.2) is 5.60 Å². The highest BCUT2D eigenvalue weighted by Crippen LogP contribution is 2.45. The standard InChI is InChI=1S/C26H25N3O7/c1-3-26(34)16-8-19-23-14(9-29(19)24(32)15(16)11-36-25(26)33)22-17(27-20(31)10-30)5-4-12-6-13(35-2)7-18(28-23)21(12)22/h6-8,17,30,34H,3-5,9-11H2,1-2H3,(H,27,31)/t17-,26+/m1/s1. The minimum atomic E-state index is -1.91. The molecule has 10 heteroatoms. The SMILES string of the molecule is CC[C@@]1(O)C(=O)OCc2c1cc1n(c2=O)Cc2c-1nc1cc(OC)cc3c1c2[C@H](NC(=O)CO)CC3. The van der Waals surface area contributed by atoms with E-state index in [2.05, 4.69) is 5.32 Å². The van der Waals surface area contributed by atoms with Gasteiger partial charge in [-0.2, -0.15) is 0 Å². The number of methoxy groups -OCH3 is 1. The third-order valence-corrected chi connectivity index (χ3v) is 7.65. The lowest BCUT2D eigenvalue weighted by atomic mass is 9.83. The van der Waals surface area contributed by atoms with Crippen molar-refractivity contribution in [3.8, 4) is 17.1 Å². The second-order valence-corrected chi connectivity index (χ2v) is 9.45. The number of rotatable bonds is 4. The van der Waals surface area contributed by atoms with Crippen LogP contribution in [0.2, 0.25) is 0 Å². The lowest BCUT2D eigenvalue weighted by Crippen LogP contribution is -2.44. The first-order chi connectivity index (χ1) is 17.3. The van der Waals surface area contributed by atoms with Crippen molar-refractivity contribution in [2.45, 2.75) is 51.0 Å². The molecule has 1 aromatic carbocycles. The van der Waals surface area contributed by atoms with Crippen molar-refractivity contribution in [2.24, 2.45) is 0 Å². The Bertz CT molecular complexity index is 1540. The van der Waals surface area contributed by atoms with Gasteiger partial charge >= 0.3 is 5.97 Å². The molecule has 0 bridgehead atoms. The maximum Gasteiger partial charge on any atom is 0.343 e. The van der Waals surface area contributed by atoms with Gasteiger partial charge < -0.3 is 29.6 Å². The Morgan fingerprint density at radius 3 is 2.83 bits per heavy atom. The first kappa shape index (κ1) is 22.7. The van der Waals surface area contributed by atoms with Crippen LogP contribution in [0.25, 0.3) is 22.3 Å². The summed E-state index contributed by atoms with van der Waals surface area (Å²) in [6.07, 6.45) is 1.35. The third-order valence-electron chi connectivity index (χ3n) is 7.65. The number of aromatic nitrogens is 2. The molecular weight excluding hydrogens is 466 g/mol. The fourth-order valence-electron chi connectivity index (χ4n) is 5.83. The fraction of sp³-hybridized carbons (Fsp3) is 0.385. The van der Waals surface area contributed by atoms with Crippen LogP contribution in [0.3, 0.4) is 0 Å². The molecule has 0 saturated heterocycles. The molecule has 1 aliphatic carbocycles.